The third-order valence-corrected chi connectivity index (χ3v) is 6.74. The molecule has 1 atom stereocenters. The van der Waals surface area contributed by atoms with Gasteiger partial charge in [0.1, 0.15) is 0 Å². The summed E-state index contributed by atoms with van der Waals surface area (Å²) in [5.74, 6) is 0.915. The van der Waals surface area contributed by atoms with Gasteiger partial charge >= 0.3 is 0 Å². The van der Waals surface area contributed by atoms with E-state index in [0.717, 1.165) is 51.1 Å². The molecular weight excluding hydrogens is 410 g/mol. The van der Waals surface area contributed by atoms with Gasteiger partial charge in [-0.25, -0.2) is 0 Å². The molecule has 33 heavy (non-hydrogen) atoms. The summed E-state index contributed by atoms with van der Waals surface area (Å²) in [4.78, 5) is 10.8. The molecule has 0 radical (unpaired) electrons. The molecule has 1 fully saturated rings. The smallest absolute Gasteiger partial charge is 0.151 e. The molecule has 1 aliphatic heterocycles. The third-order valence-electron chi connectivity index (χ3n) is 6.74. The van der Waals surface area contributed by atoms with E-state index in [1.54, 1.807) is 0 Å². The first-order valence-electron chi connectivity index (χ1n) is 12.7. The van der Waals surface area contributed by atoms with Crippen LogP contribution >= 0.6 is 0 Å². The van der Waals surface area contributed by atoms with E-state index < -0.39 is 0 Å². The average Bonchev–Trinajstić information content (AvgIpc) is 2.84. The first-order valence-corrected chi connectivity index (χ1v) is 12.7. The Morgan fingerprint density at radius 1 is 1.09 bits per heavy atom. The second-order valence-corrected chi connectivity index (χ2v) is 9.40. The van der Waals surface area contributed by atoms with Crippen molar-refractivity contribution in [2.24, 2.45) is 0 Å². The fourth-order valence-corrected chi connectivity index (χ4v) is 4.83. The summed E-state index contributed by atoms with van der Waals surface area (Å²) in [6.45, 7) is 5.30. The lowest BCUT2D eigenvalue weighted by molar-refractivity contribution is 0.127. The minimum absolute atomic E-state index is 0.230. The van der Waals surface area contributed by atoms with Crippen LogP contribution in [0.1, 0.15) is 62.1 Å². The van der Waals surface area contributed by atoms with Gasteiger partial charge in [-0.2, -0.15) is 5.48 Å². The second kappa shape index (κ2) is 13.6. The number of likely N-dealkylation sites (tertiary alicyclic amines) is 1. The van der Waals surface area contributed by atoms with Crippen LogP contribution in [-0.2, 0) is 19.4 Å². The molecular formula is C28H43N3O2. The molecule has 1 saturated heterocycles. The first kappa shape index (κ1) is 25.5. The van der Waals surface area contributed by atoms with Crippen LogP contribution < -0.4 is 15.2 Å². The summed E-state index contributed by atoms with van der Waals surface area (Å²) in [5.41, 5.74) is 8.53. The molecule has 0 saturated carbocycles. The van der Waals surface area contributed by atoms with E-state index in [9.17, 15) is 0 Å². The Morgan fingerprint density at radius 2 is 1.94 bits per heavy atom. The molecule has 1 unspecified atom stereocenters. The minimum Gasteiger partial charge on any atom is -0.408 e. The van der Waals surface area contributed by atoms with E-state index in [4.69, 9.17) is 9.94 Å². The zero-order valence-electron chi connectivity index (χ0n) is 20.9. The molecule has 0 spiro atoms. The average molecular weight is 454 g/mol. The van der Waals surface area contributed by atoms with E-state index in [-0.39, 0.29) is 6.61 Å². The van der Waals surface area contributed by atoms with E-state index >= 15 is 0 Å². The molecule has 182 valence electrons. The van der Waals surface area contributed by atoms with Gasteiger partial charge in [-0.1, -0.05) is 43.7 Å². The lowest BCUT2D eigenvalue weighted by Gasteiger charge is -2.36. The molecule has 5 heteroatoms. The zero-order valence-corrected chi connectivity index (χ0v) is 20.9. The molecule has 2 aromatic carbocycles. The SMILES string of the molecule is CCc1cc(CCC2CCCCN2Cc2ccccc2ONCCCCO)ccc1N(C)C. The van der Waals surface area contributed by atoms with Gasteiger partial charge in [-0.05, 0) is 74.8 Å². The molecule has 0 aromatic heterocycles. The lowest BCUT2D eigenvalue weighted by Crippen LogP contribution is -2.39. The van der Waals surface area contributed by atoms with Crippen molar-refractivity contribution in [2.75, 3.05) is 38.7 Å². The Kier molecular flexibility index (Phi) is 10.5. The molecule has 2 N–H and O–H groups in total. The Balaban J connectivity index is 1.60. The number of piperidine rings is 1. The van der Waals surface area contributed by atoms with Crippen molar-refractivity contribution in [3.05, 3.63) is 59.2 Å². The number of rotatable bonds is 13. The predicted octanol–water partition coefficient (Wildman–Crippen LogP) is 4.96. The van der Waals surface area contributed by atoms with Gasteiger partial charge in [0, 0.05) is 51.1 Å². The summed E-state index contributed by atoms with van der Waals surface area (Å²) in [6.07, 6.45) is 8.98. The van der Waals surface area contributed by atoms with Crippen LogP contribution in [0.25, 0.3) is 0 Å². The highest BCUT2D eigenvalue weighted by atomic mass is 16.6. The largest absolute Gasteiger partial charge is 0.408 e. The number of benzene rings is 2. The van der Waals surface area contributed by atoms with Gasteiger partial charge in [0.25, 0.3) is 0 Å². The number of aryl methyl sites for hydroxylation is 2. The van der Waals surface area contributed by atoms with E-state index in [2.05, 4.69) is 66.6 Å². The van der Waals surface area contributed by atoms with Crippen molar-refractivity contribution in [1.82, 2.24) is 10.4 Å². The number of unbranched alkanes of at least 4 members (excludes halogenated alkanes) is 1. The summed E-state index contributed by atoms with van der Waals surface area (Å²) < 4.78 is 0. The number of anilines is 1. The topological polar surface area (TPSA) is 48.0 Å². The normalized spacial score (nSPS) is 16.7. The quantitative estimate of drug-likeness (QED) is 0.332. The number of hydrogen-bond donors (Lipinski definition) is 2. The number of para-hydroxylation sites is 1. The Labute approximate surface area is 200 Å². The molecule has 0 amide bonds. The van der Waals surface area contributed by atoms with Gasteiger partial charge < -0.3 is 14.8 Å². The van der Waals surface area contributed by atoms with Gasteiger partial charge in [-0.3, -0.25) is 4.90 Å². The Bertz CT molecular complexity index is 840. The monoisotopic (exact) mass is 453 g/mol. The molecule has 1 heterocycles. The molecule has 1 aliphatic rings. The minimum atomic E-state index is 0.230. The van der Waals surface area contributed by atoms with Gasteiger partial charge in [0.15, 0.2) is 5.75 Å². The number of nitrogens with one attached hydrogen (secondary N) is 1. The van der Waals surface area contributed by atoms with Crippen LogP contribution in [0.5, 0.6) is 5.75 Å². The predicted molar refractivity (Wildman–Crippen MR) is 138 cm³/mol. The summed E-state index contributed by atoms with van der Waals surface area (Å²) in [7, 11) is 4.25. The van der Waals surface area contributed by atoms with Crippen LogP contribution in [0, 0.1) is 0 Å². The van der Waals surface area contributed by atoms with Crippen LogP contribution in [0.4, 0.5) is 5.69 Å². The van der Waals surface area contributed by atoms with Crippen LogP contribution in [0.2, 0.25) is 0 Å². The number of aliphatic hydroxyl groups excluding tert-OH is 1. The number of hydroxylamine groups is 1. The Morgan fingerprint density at radius 3 is 2.73 bits per heavy atom. The Hall–Kier alpha value is -2.08. The third kappa shape index (κ3) is 7.73. The van der Waals surface area contributed by atoms with Crippen molar-refractivity contribution in [3.8, 4) is 5.75 Å². The van der Waals surface area contributed by atoms with Crippen LogP contribution in [-0.4, -0.2) is 49.8 Å². The maximum atomic E-state index is 8.93. The molecule has 2 aromatic rings. The highest BCUT2D eigenvalue weighted by Crippen LogP contribution is 2.28. The maximum Gasteiger partial charge on any atom is 0.151 e. The van der Waals surface area contributed by atoms with Crippen LogP contribution in [0.15, 0.2) is 42.5 Å². The number of hydrogen-bond acceptors (Lipinski definition) is 5. The van der Waals surface area contributed by atoms with Crippen molar-refractivity contribution in [2.45, 2.75) is 70.9 Å². The standard InChI is InChI=1S/C28H43N3O2/c1-4-24-21-23(15-17-27(24)30(2)3)14-16-26-12-7-9-19-31(26)22-25-11-5-6-13-28(25)33-29-18-8-10-20-32/h5-6,11,13,15,17,21,26,29,32H,4,7-10,12,14,16,18-20,22H2,1-3H3. The molecule has 0 aliphatic carbocycles. The highest BCUT2D eigenvalue weighted by Gasteiger charge is 2.23. The van der Waals surface area contributed by atoms with Crippen molar-refractivity contribution < 1.29 is 9.94 Å². The van der Waals surface area contributed by atoms with Crippen molar-refractivity contribution >= 4 is 5.69 Å². The van der Waals surface area contributed by atoms with Gasteiger partial charge in [-0.15, -0.1) is 0 Å². The first-order chi connectivity index (χ1) is 16.1. The highest BCUT2D eigenvalue weighted by molar-refractivity contribution is 5.54. The summed E-state index contributed by atoms with van der Waals surface area (Å²) in [6, 6.07) is 16.0. The van der Waals surface area contributed by atoms with E-state index in [0.29, 0.717) is 6.04 Å². The zero-order chi connectivity index (χ0) is 23.5. The number of aliphatic hydroxyl groups is 1. The summed E-state index contributed by atoms with van der Waals surface area (Å²) >= 11 is 0. The number of nitrogens with zero attached hydrogens (tertiary/aromatic N) is 2. The van der Waals surface area contributed by atoms with Gasteiger partial charge in [0.2, 0.25) is 0 Å². The summed E-state index contributed by atoms with van der Waals surface area (Å²) in [5, 5.41) is 8.93. The van der Waals surface area contributed by atoms with E-state index in [1.807, 2.05) is 12.1 Å². The maximum absolute atomic E-state index is 8.93. The van der Waals surface area contributed by atoms with Gasteiger partial charge in [0.05, 0.1) is 0 Å². The lowest BCUT2D eigenvalue weighted by atomic mass is 9.94. The van der Waals surface area contributed by atoms with Crippen molar-refractivity contribution in [1.29, 1.82) is 0 Å². The molecule has 3 rings (SSSR count). The fourth-order valence-electron chi connectivity index (χ4n) is 4.83. The molecule has 5 nitrogen and oxygen atoms in total. The van der Waals surface area contributed by atoms with Crippen molar-refractivity contribution in [3.63, 3.8) is 0 Å². The fraction of sp³-hybridized carbons (Fsp3) is 0.571. The molecule has 0 bridgehead atoms. The van der Waals surface area contributed by atoms with Crippen LogP contribution in [0.3, 0.4) is 0 Å². The van der Waals surface area contributed by atoms with E-state index in [1.165, 1.54) is 48.1 Å². The second-order valence-electron chi connectivity index (χ2n) is 9.40.